The van der Waals surface area contributed by atoms with Crippen molar-refractivity contribution < 1.29 is 4.74 Å². The van der Waals surface area contributed by atoms with Crippen LogP contribution in [-0.4, -0.2) is 21.2 Å². The van der Waals surface area contributed by atoms with Gasteiger partial charge in [-0.05, 0) is 30.2 Å². The number of unbranched alkanes of at least 4 members (excludes halogenated alkanes) is 1. The SMILES string of the molecule is CCCCOc1ccc(/C=c2/sc3ncnn3c2=O)cc1. The second-order valence-electron chi connectivity index (χ2n) is 4.64. The summed E-state index contributed by atoms with van der Waals surface area (Å²) in [5.41, 5.74) is 0.829. The van der Waals surface area contributed by atoms with Gasteiger partial charge in [0.15, 0.2) is 0 Å². The molecule has 5 nitrogen and oxygen atoms in total. The van der Waals surface area contributed by atoms with Crippen molar-refractivity contribution in [2.45, 2.75) is 19.8 Å². The lowest BCUT2D eigenvalue weighted by Crippen LogP contribution is -2.23. The van der Waals surface area contributed by atoms with Crippen LogP contribution in [0.4, 0.5) is 0 Å². The van der Waals surface area contributed by atoms with Gasteiger partial charge in [0.2, 0.25) is 4.96 Å². The van der Waals surface area contributed by atoms with Gasteiger partial charge in [-0.25, -0.2) is 4.98 Å². The summed E-state index contributed by atoms with van der Waals surface area (Å²) in [6.07, 6.45) is 5.40. The van der Waals surface area contributed by atoms with Gasteiger partial charge in [-0.3, -0.25) is 4.79 Å². The van der Waals surface area contributed by atoms with Crippen LogP contribution in [0.1, 0.15) is 25.3 Å². The number of nitrogens with zero attached hydrogens (tertiary/aromatic N) is 3. The third-order valence-corrected chi connectivity index (χ3v) is 4.04. The summed E-state index contributed by atoms with van der Waals surface area (Å²) in [5.74, 6) is 0.852. The number of rotatable bonds is 5. The largest absolute Gasteiger partial charge is 0.494 e. The van der Waals surface area contributed by atoms with E-state index < -0.39 is 0 Å². The van der Waals surface area contributed by atoms with E-state index in [1.807, 2.05) is 30.3 Å². The van der Waals surface area contributed by atoms with E-state index in [9.17, 15) is 4.79 Å². The number of ether oxygens (including phenoxy) is 1. The van der Waals surface area contributed by atoms with Gasteiger partial charge in [0.05, 0.1) is 11.1 Å². The van der Waals surface area contributed by atoms with Gasteiger partial charge in [-0.1, -0.05) is 36.8 Å². The number of hydrogen-bond donors (Lipinski definition) is 0. The highest BCUT2D eigenvalue weighted by molar-refractivity contribution is 7.15. The fourth-order valence-corrected chi connectivity index (χ4v) is 2.81. The highest BCUT2D eigenvalue weighted by atomic mass is 32.1. The summed E-state index contributed by atoms with van der Waals surface area (Å²) < 4.78 is 7.56. The summed E-state index contributed by atoms with van der Waals surface area (Å²) in [6.45, 7) is 2.87. The molecule has 2 heterocycles. The number of aromatic nitrogens is 3. The van der Waals surface area contributed by atoms with Crippen molar-refractivity contribution in [3.05, 3.63) is 51.0 Å². The zero-order valence-corrected chi connectivity index (χ0v) is 12.5. The van der Waals surface area contributed by atoms with E-state index >= 15 is 0 Å². The van der Waals surface area contributed by atoms with Crippen molar-refractivity contribution in [3.63, 3.8) is 0 Å². The quantitative estimate of drug-likeness (QED) is 0.675. The molecule has 108 valence electrons. The Hall–Kier alpha value is -2.21. The average molecular weight is 301 g/mol. The molecule has 0 radical (unpaired) electrons. The Labute approximate surface area is 125 Å². The summed E-state index contributed by atoms with van der Waals surface area (Å²) in [6, 6.07) is 7.72. The Balaban J connectivity index is 1.84. The van der Waals surface area contributed by atoms with Gasteiger partial charge in [0.1, 0.15) is 12.1 Å². The van der Waals surface area contributed by atoms with E-state index in [0.717, 1.165) is 30.8 Å². The first kappa shape index (κ1) is 13.8. The first-order valence-electron chi connectivity index (χ1n) is 6.85. The molecule has 0 saturated heterocycles. The molecule has 0 aliphatic carbocycles. The number of benzene rings is 1. The molecule has 1 aromatic carbocycles. The summed E-state index contributed by atoms with van der Waals surface area (Å²) in [4.78, 5) is 16.7. The molecule has 3 rings (SSSR count). The lowest BCUT2D eigenvalue weighted by Gasteiger charge is -2.04. The monoisotopic (exact) mass is 301 g/mol. The summed E-state index contributed by atoms with van der Waals surface area (Å²) in [5, 5.41) is 3.90. The zero-order chi connectivity index (χ0) is 14.7. The molecule has 2 aromatic heterocycles. The molecule has 6 heteroatoms. The molecule has 0 bridgehead atoms. The van der Waals surface area contributed by atoms with Crippen molar-refractivity contribution >= 4 is 22.4 Å². The van der Waals surface area contributed by atoms with Crippen LogP contribution in [0.3, 0.4) is 0 Å². The lowest BCUT2D eigenvalue weighted by molar-refractivity contribution is 0.309. The first-order valence-corrected chi connectivity index (χ1v) is 7.66. The molecule has 0 atom stereocenters. The van der Waals surface area contributed by atoms with E-state index in [0.29, 0.717) is 9.49 Å². The minimum absolute atomic E-state index is 0.129. The van der Waals surface area contributed by atoms with E-state index in [-0.39, 0.29) is 5.56 Å². The fraction of sp³-hybridized carbons (Fsp3) is 0.267. The maximum atomic E-state index is 12.1. The van der Waals surface area contributed by atoms with Crippen LogP contribution in [0.2, 0.25) is 0 Å². The van der Waals surface area contributed by atoms with Crippen LogP contribution in [-0.2, 0) is 0 Å². The van der Waals surface area contributed by atoms with Crippen molar-refractivity contribution in [2.24, 2.45) is 0 Å². The van der Waals surface area contributed by atoms with Gasteiger partial charge in [-0.2, -0.15) is 9.61 Å². The van der Waals surface area contributed by atoms with Crippen LogP contribution >= 0.6 is 11.3 Å². The highest BCUT2D eigenvalue weighted by Gasteiger charge is 2.04. The van der Waals surface area contributed by atoms with Gasteiger partial charge >= 0.3 is 0 Å². The minimum Gasteiger partial charge on any atom is -0.494 e. The maximum absolute atomic E-state index is 12.1. The lowest BCUT2D eigenvalue weighted by atomic mass is 10.2. The Morgan fingerprint density at radius 3 is 2.86 bits per heavy atom. The molecule has 0 aliphatic heterocycles. The van der Waals surface area contributed by atoms with Gasteiger partial charge in [0.25, 0.3) is 5.56 Å². The van der Waals surface area contributed by atoms with Gasteiger partial charge in [0, 0.05) is 0 Å². The fourth-order valence-electron chi connectivity index (χ4n) is 1.92. The predicted molar refractivity (Wildman–Crippen MR) is 82.8 cm³/mol. The Morgan fingerprint density at radius 1 is 1.33 bits per heavy atom. The third-order valence-electron chi connectivity index (χ3n) is 3.07. The number of thiazole rings is 1. The van der Waals surface area contributed by atoms with Crippen molar-refractivity contribution in [1.82, 2.24) is 14.6 Å². The third kappa shape index (κ3) is 2.95. The van der Waals surface area contributed by atoms with Crippen LogP contribution in [0.25, 0.3) is 11.0 Å². The topological polar surface area (TPSA) is 56.5 Å². The van der Waals surface area contributed by atoms with E-state index in [4.69, 9.17) is 4.74 Å². The zero-order valence-electron chi connectivity index (χ0n) is 11.7. The van der Waals surface area contributed by atoms with E-state index in [2.05, 4.69) is 17.0 Å². The molecule has 21 heavy (non-hydrogen) atoms. The van der Waals surface area contributed by atoms with E-state index in [1.165, 1.54) is 22.2 Å². The minimum atomic E-state index is -0.129. The van der Waals surface area contributed by atoms with Gasteiger partial charge < -0.3 is 4.74 Å². The summed E-state index contributed by atoms with van der Waals surface area (Å²) >= 11 is 1.34. The Morgan fingerprint density at radius 2 is 2.14 bits per heavy atom. The number of hydrogen-bond acceptors (Lipinski definition) is 5. The highest BCUT2D eigenvalue weighted by Crippen LogP contribution is 2.13. The first-order chi connectivity index (χ1) is 10.3. The molecule has 0 amide bonds. The molecular weight excluding hydrogens is 286 g/mol. The normalized spacial score (nSPS) is 12.1. The van der Waals surface area contributed by atoms with Gasteiger partial charge in [-0.15, -0.1) is 0 Å². The van der Waals surface area contributed by atoms with E-state index in [1.54, 1.807) is 0 Å². The van der Waals surface area contributed by atoms with Crippen LogP contribution < -0.4 is 14.8 Å². The van der Waals surface area contributed by atoms with Crippen molar-refractivity contribution in [1.29, 1.82) is 0 Å². The smallest absolute Gasteiger partial charge is 0.291 e. The van der Waals surface area contributed by atoms with Crippen molar-refractivity contribution in [3.8, 4) is 5.75 Å². The Bertz CT molecular complexity index is 836. The van der Waals surface area contributed by atoms with Crippen LogP contribution in [0.15, 0.2) is 35.4 Å². The second-order valence-corrected chi connectivity index (χ2v) is 5.65. The average Bonchev–Trinajstić information content (AvgIpc) is 3.06. The molecule has 0 saturated carbocycles. The Kier molecular flexibility index (Phi) is 3.96. The summed E-state index contributed by atoms with van der Waals surface area (Å²) in [7, 11) is 0. The number of fused-ring (bicyclic) bond motifs is 1. The van der Waals surface area contributed by atoms with Crippen LogP contribution in [0, 0.1) is 0 Å². The van der Waals surface area contributed by atoms with Crippen LogP contribution in [0.5, 0.6) is 5.75 Å². The molecule has 0 spiro atoms. The molecular formula is C15H15N3O2S. The predicted octanol–water partition coefficient (Wildman–Crippen LogP) is 1.88. The second kappa shape index (κ2) is 6.05. The molecule has 3 aromatic rings. The molecule has 0 unspecified atom stereocenters. The molecule has 0 aliphatic rings. The molecule has 0 N–H and O–H groups in total. The molecule has 0 fully saturated rings. The standard InChI is InChI=1S/C15H15N3O2S/c1-2-3-8-20-12-6-4-11(5-7-12)9-13-14(19)18-15(21-13)16-10-17-18/h4-7,9-10H,2-3,8H2,1H3/b13-9+. The van der Waals surface area contributed by atoms with Crippen molar-refractivity contribution in [2.75, 3.05) is 6.61 Å². The maximum Gasteiger partial charge on any atom is 0.291 e.